The molecule has 24 heavy (non-hydrogen) atoms. The van der Waals surface area contributed by atoms with E-state index >= 15 is 0 Å². The van der Waals surface area contributed by atoms with Crippen LogP contribution in [0.25, 0.3) is 0 Å². The summed E-state index contributed by atoms with van der Waals surface area (Å²) in [5.41, 5.74) is 3.78. The molecule has 1 aromatic carbocycles. The molecule has 1 N–H and O–H groups in total. The van der Waals surface area contributed by atoms with Crippen molar-refractivity contribution in [3.8, 4) is 0 Å². The number of hydrogen-bond acceptors (Lipinski definition) is 2. The Balaban J connectivity index is 1.50. The van der Waals surface area contributed by atoms with Gasteiger partial charge in [0.25, 0.3) is 0 Å². The highest BCUT2D eigenvalue weighted by atomic mass is 16.1. The van der Waals surface area contributed by atoms with Gasteiger partial charge in [-0.05, 0) is 37.7 Å². The fraction of sp³-hybridized carbons (Fsp3) is 0.500. The molecule has 2 aliphatic rings. The van der Waals surface area contributed by atoms with Crippen molar-refractivity contribution >= 4 is 5.91 Å². The maximum absolute atomic E-state index is 12.5. The maximum Gasteiger partial charge on any atom is 0.223 e. The molecule has 1 aromatic heterocycles. The summed E-state index contributed by atoms with van der Waals surface area (Å²) in [7, 11) is 0. The van der Waals surface area contributed by atoms with E-state index in [1.54, 1.807) is 0 Å². The highest BCUT2D eigenvalue weighted by molar-refractivity contribution is 5.79. The normalized spacial score (nSPS) is 20.8. The predicted molar refractivity (Wildman–Crippen MR) is 93.6 cm³/mol. The van der Waals surface area contributed by atoms with Crippen LogP contribution in [0.3, 0.4) is 0 Å². The summed E-state index contributed by atoms with van der Waals surface area (Å²) in [5.74, 6) is 0.482. The van der Waals surface area contributed by atoms with E-state index in [0.29, 0.717) is 0 Å². The number of benzene rings is 1. The van der Waals surface area contributed by atoms with Crippen molar-refractivity contribution in [2.75, 3.05) is 0 Å². The van der Waals surface area contributed by atoms with Crippen molar-refractivity contribution in [3.63, 3.8) is 0 Å². The molecule has 1 saturated carbocycles. The first kappa shape index (κ1) is 15.4. The summed E-state index contributed by atoms with van der Waals surface area (Å²) in [5, 5.41) is 7.92. The van der Waals surface area contributed by atoms with E-state index in [2.05, 4.69) is 39.4 Å². The maximum atomic E-state index is 12.5. The quantitative estimate of drug-likeness (QED) is 0.934. The largest absolute Gasteiger partial charge is 0.349 e. The Hall–Kier alpha value is -2.10. The average Bonchev–Trinajstić information content (AvgIpc) is 3.27. The lowest BCUT2D eigenvalue weighted by Gasteiger charge is -2.25. The summed E-state index contributed by atoms with van der Waals surface area (Å²) in [6.07, 6.45) is 9.67. The first-order valence-corrected chi connectivity index (χ1v) is 9.20. The molecule has 0 bridgehead atoms. The van der Waals surface area contributed by atoms with Crippen molar-refractivity contribution < 1.29 is 4.79 Å². The van der Waals surface area contributed by atoms with Crippen LogP contribution in [0.2, 0.25) is 0 Å². The fourth-order valence-electron chi connectivity index (χ4n) is 4.14. The lowest BCUT2D eigenvalue weighted by molar-refractivity contribution is -0.125. The van der Waals surface area contributed by atoms with Gasteiger partial charge in [0.15, 0.2) is 0 Å². The Morgan fingerprint density at radius 1 is 1.12 bits per heavy atom. The zero-order valence-corrected chi connectivity index (χ0v) is 14.1. The third kappa shape index (κ3) is 3.10. The van der Waals surface area contributed by atoms with Gasteiger partial charge in [-0.1, -0.05) is 43.2 Å². The Morgan fingerprint density at radius 3 is 2.71 bits per heavy atom. The molecular weight excluding hydrogens is 298 g/mol. The molecule has 0 saturated heterocycles. The zero-order chi connectivity index (χ0) is 16.4. The second-order valence-corrected chi connectivity index (χ2v) is 7.12. The van der Waals surface area contributed by atoms with E-state index in [1.807, 2.05) is 12.3 Å². The number of nitrogens with zero attached hydrogens (tertiary/aromatic N) is 2. The van der Waals surface area contributed by atoms with Gasteiger partial charge in [-0.2, -0.15) is 5.10 Å². The van der Waals surface area contributed by atoms with Crippen LogP contribution < -0.4 is 5.32 Å². The van der Waals surface area contributed by atoms with Crippen LogP contribution in [0.15, 0.2) is 36.5 Å². The molecule has 1 heterocycles. The van der Waals surface area contributed by atoms with Crippen molar-refractivity contribution in [2.24, 2.45) is 5.92 Å². The Bertz CT molecular complexity index is 701. The van der Waals surface area contributed by atoms with Crippen LogP contribution in [-0.2, 0) is 17.8 Å². The molecule has 4 rings (SSSR count). The summed E-state index contributed by atoms with van der Waals surface area (Å²) in [4.78, 5) is 12.5. The van der Waals surface area contributed by atoms with Crippen molar-refractivity contribution in [1.29, 1.82) is 0 Å². The molecule has 1 amide bonds. The predicted octanol–water partition coefficient (Wildman–Crippen LogP) is 3.62. The SMILES string of the molecule is O=C(N[C@H]1CCCc2c1cnn2Cc1ccccc1)C1CCCC1. The van der Waals surface area contributed by atoms with Gasteiger partial charge < -0.3 is 5.32 Å². The first-order valence-electron chi connectivity index (χ1n) is 9.20. The number of rotatable bonds is 4. The number of amides is 1. The topological polar surface area (TPSA) is 46.9 Å². The number of carbonyl (C=O) groups is 1. The lowest BCUT2D eigenvalue weighted by atomic mass is 9.92. The highest BCUT2D eigenvalue weighted by Crippen LogP contribution is 2.32. The van der Waals surface area contributed by atoms with Gasteiger partial charge in [-0.3, -0.25) is 9.48 Å². The van der Waals surface area contributed by atoms with Gasteiger partial charge >= 0.3 is 0 Å². The monoisotopic (exact) mass is 323 g/mol. The van der Waals surface area contributed by atoms with E-state index in [0.717, 1.165) is 38.6 Å². The van der Waals surface area contributed by atoms with Crippen molar-refractivity contribution in [3.05, 3.63) is 53.3 Å². The molecule has 126 valence electrons. The van der Waals surface area contributed by atoms with Crippen LogP contribution in [0.1, 0.15) is 61.4 Å². The zero-order valence-electron chi connectivity index (χ0n) is 14.1. The average molecular weight is 323 g/mol. The minimum Gasteiger partial charge on any atom is -0.349 e. The minimum absolute atomic E-state index is 0.145. The lowest BCUT2D eigenvalue weighted by Crippen LogP contribution is -2.34. The molecule has 0 spiro atoms. The second kappa shape index (κ2) is 6.80. The van der Waals surface area contributed by atoms with E-state index in [1.165, 1.54) is 29.7 Å². The molecule has 1 fully saturated rings. The molecule has 4 nitrogen and oxygen atoms in total. The standard InChI is InChI=1S/C20H25N3O/c24-20(16-9-4-5-10-16)22-18-11-6-12-19-17(18)13-21-23(19)14-15-7-2-1-3-8-15/h1-3,7-8,13,16,18H,4-6,9-12,14H2,(H,22,24)/t18-/m0/s1. The smallest absolute Gasteiger partial charge is 0.223 e. The number of aromatic nitrogens is 2. The fourth-order valence-corrected chi connectivity index (χ4v) is 4.14. The van der Waals surface area contributed by atoms with Gasteiger partial charge in [-0.25, -0.2) is 0 Å². The second-order valence-electron chi connectivity index (χ2n) is 7.12. The number of hydrogen-bond donors (Lipinski definition) is 1. The highest BCUT2D eigenvalue weighted by Gasteiger charge is 2.29. The minimum atomic E-state index is 0.145. The van der Waals surface area contributed by atoms with E-state index in [4.69, 9.17) is 0 Å². The molecule has 2 aromatic rings. The Labute approximate surface area is 143 Å². The van der Waals surface area contributed by atoms with Gasteiger partial charge in [0.1, 0.15) is 0 Å². The molecule has 2 aliphatic carbocycles. The van der Waals surface area contributed by atoms with Crippen molar-refractivity contribution in [1.82, 2.24) is 15.1 Å². The van der Waals surface area contributed by atoms with Crippen LogP contribution >= 0.6 is 0 Å². The van der Waals surface area contributed by atoms with Crippen LogP contribution in [0.4, 0.5) is 0 Å². The molecule has 0 aliphatic heterocycles. The van der Waals surface area contributed by atoms with E-state index < -0.39 is 0 Å². The van der Waals surface area contributed by atoms with Crippen LogP contribution in [0, 0.1) is 5.92 Å². The number of nitrogens with one attached hydrogen (secondary N) is 1. The van der Waals surface area contributed by atoms with E-state index in [9.17, 15) is 4.79 Å². The number of fused-ring (bicyclic) bond motifs is 1. The Kier molecular flexibility index (Phi) is 4.37. The van der Waals surface area contributed by atoms with Gasteiger partial charge in [0, 0.05) is 17.2 Å². The number of carbonyl (C=O) groups excluding carboxylic acids is 1. The summed E-state index contributed by atoms with van der Waals surface area (Å²) >= 11 is 0. The molecule has 4 heteroatoms. The molecular formula is C20H25N3O. The summed E-state index contributed by atoms with van der Waals surface area (Å²) < 4.78 is 2.11. The van der Waals surface area contributed by atoms with Crippen LogP contribution in [0.5, 0.6) is 0 Å². The van der Waals surface area contributed by atoms with Gasteiger partial charge in [0.2, 0.25) is 5.91 Å². The van der Waals surface area contributed by atoms with E-state index in [-0.39, 0.29) is 17.9 Å². The van der Waals surface area contributed by atoms with Crippen LogP contribution in [-0.4, -0.2) is 15.7 Å². The van der Waals surface area contributed by atoms with Gasteiger partial charge in [-0.15, -0.1) is 0 Å². The molecule has 0 radical (unpaired) electrons. The summed E-state index contributed by atoms with van der Waals surface area (Å²) in [6, 6.07) is 10.6. The summed E-state index contributed by atoms with van der Waals surface area (Å²) in [6.45, 7) is 0.805. The molecule has 0 unspecified atom stereocenters. The first-order chi connectivity index (χ1) is 11.8. The third-order valence-electron chi connectivity index (χ3n) is 5.48. The Morgan fingerprint density at radius 2 is 1.92 bits per heavy atom. The molecule has 1 atom stereocenters. The third-order valence-corrected chi connectivity index (χ3v) is 5.48. The van der Waals surface area contributed by atoms with Crippen molar-refractivity contribution in [2.45, 2.75) is 57.5 Å². The van der Waals surface area contributed by atoms with Gasteiger partial charge in [0.05, 0.1) is 18.8 Å².